The maximum atomic E-state index is 12.5. The monoisotopic (exact) mass is 287 g/mol. The summed E-state index contributed by atoms with van der Waals surface area (Å²) in [5.41, 5.74) is 2.41. The zero-order chi connectivity index (χ0) is 14.8. The molecule has 2 heterocycles. The summed E-state index contributed by atoms with van der Waals surface area (Å²) in [5, 5.41) is 12.5. The van der Waals surface area contributed by atoms with Crippen LogP contribution in [0.5, 0.6) is 0 Å². The summed E-state index contributed by atoms with van der Waals surface area (Å²) >= 11 is 0. The van der Waals surface area contributed by atoms with E-state index in [1.807, 2.05) is 29.7 Å². The van der Waals surface area contributed by atoms with E-state index in [2.05, 4.69) is 10.3 Å². The third-order valence-electron chi connectivity index (χ3n) is 4.35. The quantitative estimate of drug-likeness (QED) is 0.906. The summed E-state index contributed by atoms with van der Waals surface area (Å²) < 4.78 is 1.82. The van der Waals surface area contributed by atoms with Crippen LogP contribution in [0, 0.1) is 12.8 Å². The van der Waals surface area contributed by atoms with E-state index in [9.17, 15) is 9.90 Å². The van der Waals surface area contributed by atoms with Crippen molar-refractivity contribution in [3.63, 3.8) is 0 Å². The number of pyridine rings is 1. The highest BCUT2D eigenvalue weighted by Crippen LogP contribution is 2.24. The van der Waals surface area contributed by atoms with Gasteiger partial charge in [0, 0.05) is 24.8 Å². The van der Waals surface area contributed by atoms with Gasteiger partial charge in [-0.05, 0) is 31.4 Å². The van der Waals surface area contributed by atoms with Crippen LogP contribution in [0.4, 0.5) is 0 Å². The van der Waals surface area contributed by atoms with Gasteiger partial charge in [-0.15, -0.1) is 0 Å². The molecule has 1 aliphatic rings. The zero-order valence-electron chi connectivity index (χ0n) is 12.2. The van der Waals surface area contributed by atoms with E-state index in [4.69, 9.17) is 0 Å². The Bertz CT molecular complexity index is 650. The first-order valence-electron chi connectivity index (χ1n) is 7.54. The molecule has 2 aromatic rings. The second-order valence-electron chi connectivity index (χ2n) is 5.89. The fourth-order valence-corrected chi connectivity index (χ4v) is 3.11. The van der Waals surface area contributed by atoms with E-state index in [0.717, 1.165) is 36.9 Å². The molecule has 21 heavy (non-hydrogen) atoms. The van der Waals surface area contributed by atoms with Gasteiger partial charge in [0.05, 0.1) is 6.20 Å². The largest absolute Gasteiger partial charge is 0.396 e. The first-order valence-corrected chi connectivity index (χ1v) is 7.54. The summed E-state index contributed by atoms with van der Waals surface area (Å²) in [4.78, 5) is 16.8. The molecular weight excluding hydrogens is 266 g/mol. The Labute approximate surface area is 124 Å². The highest BCUT2D eigenvalue weighted by atomic mass is 16.3. The predicted octanol–water partition coefficient (Wildman–Crippen LogP) is 1.92. The number of amides is 1. The number of hydrogen-bond acceptors (Lipinski definition) is 3. The number of carbonyl (C=O) groups is 1. The van der Waals surface area contributed by atoms with Crippen LogP contribution in [0.1, 0.15) is 41.7 Å². The average Bonchev–Trinajstić information content (AvgIpc) is 2.90. The fraction of sp³-hybridized carbons (Fsp3) is 0.500. The highest BCUT2D eigenvalue weighted by molar-refractivity contribution is 5.93. The van der Waals surface area contributed by atoms with E-state index in [1.54, 1.807) is 6.20 Å². The first kappa shape index (κ1) is 14.1. The lowest BCUT2D eigenvalue weighted by Gasteiger charge is -2.30. The van der Waals surface area contributed by atoms with E-state index in [1.165, 1.54) is 0 Å². The molecule has 0 saturated heterocycles. The van der Waals surface area contributed by atoms with E-state index < -0.39 is 0 Å². The number of fused-ring (bicyclic) bond motifs is 1. The Kier molecular flexibility index (Phi) is 3.92. The van der Waals surface area contributed by atoms with Crippen LogP contribution in [0.3, 0.4) is 0 Å². The minimum atomic E-state index is -0.113. The number of rotatable bonds is 3. The first-order chi connectivity index (χ1) is 10.2. The van der Waals surface area contributed by atoms with Gasteiger partial charge < -0.3 is 10.4 Å². The molecule has 3 rings (SSSR count). The third-order valence-corrected chi connectivity index (χ3v) is 4.35. The minimum Gasteiger partial charge on any atom is -0.396 e. The summed E-state index contributed by atoms with van der Waals surface area (Å²) in [7, 11) is 0. The standard InChI is InChI=1S/C16H21N3O2/c1-11-6-7-15-17-8-14(19(15)9-11)16(21)18-13-5-3-2-4-12(13)10-20/h6-9,12-13,20H,2-5,10H2,1H3,(H,18,21). The Morgan fingerprint density at radius 3 is 3.05 bits per heavy atom. The normalized spacial score (nSPS) is 22.4. The van der Waals surface area contributed by atoms with Crippen LogP contribution in [0.2, 0.25) is 0 Å². The number of hydrogen-bond donors (Lipinski definition) is 2. The van der Waals surface area contributed by atoms with Crippen LogP contribution in [-0.4, -0.2) is 33.0 Å². The molecule has 1 aliphatic carbocycles. The Hall–Kier alpha value is -1.88. The average molecular weight is 287 g/mol. The number of aliphatic hydroxyl groups is 1. The van der Waals surface area contributed by atoms with Gasteiger partial charge in [-0.2, -0.15) is 0 Å². The lowest BCUT2D eigenvalue weighted by atomic mass is 9.85. The van der Waals surface area contributed by atoms with Crippen LogP contribution in [0.15, 0.2) is 24.5 Å². The van der Waals surface area contributed by atoms with Crippen LogP contribution >= 0.6 is 0 Å². The van der Waals surface area contributed by atoms with Crippen LogP contribution in [0.25, 0.3) is 5.65 Å². The highest BCUT2D eigenvalue weighted by Gasteiger charge is 2.26. The van der Waals surface area contributed by atoms with E-state index >= 15 is 0 Å². The molecule has 1 saturated carbocycles. The Morgan fingerprint density at radius 1 is 1.43 bits per heavy atom. The van der Waals surface area contributed by atoms with Gasteiger partial charge in [-0.1, -0.05) is 18.9 Å². The van der Waals surface area contributed by atoms with Crippen molar-refractivity contribution in [2.24, 2.45) is 5.92 Å². The fourth-order valence-electron chi connectivity index (χ4n) is 3.11. The van der Waals surface area contributed by atoms with E-state index in [0.29, 0.717) is 5.69 Å². The van der Waals surface area contributed by atoms with Gasteiger partial charge in [0.1, 0.15) is 11.3 Å². The molecule has 112 valence electrons. The molecule has 1 amide bonds. The smallest absolute Gasteiger partial charge is 0.270 e. The molecule has 2 atom stereocenters. The van der Waals surface area contributed by atoms with Crippen molar-refractivity contribution in [3.05, 3.63) is 35.8 Å². The van der Waals surface area contributed by atoms with Gasteiger partial charge in [-0.3, -0.25) is 9.20 Å². The molecule has 0 radical (unpaired) electrons. The molecule has 2 N–H and O–H groups in total. The lowest BCUT2D eigenvalue weighted by molar-refractivity contribution is 0.0867. The SMILES string of the molecule is Cc1ccc2ncc(C(=O)NC3CCCCC3CO)n2c1. The van der Waals surface area contributed by atoms with E-state index in [-0.39, 0.29) is 24.5 Å². The zero-order valence-corrected chi connectivity index (χ0v) is 12.2. The van der Waals surface area contributed by atoms with Crippen molar-refractivity contribution >= 4 is 11.6 Å². The van der Waals surface area contributed by atoms with Crippen molar-refractivity contribution in [1.82, 2.24) is 14.7 Å². The number of nitrogens with one attached hydrogen (secondary N) is 1. The minimum absolute atomic E-state index is 0.0617. The topological polar surface area (TPSA) is 66.6 Å². The Morgan fingerprint density at radius 2 is 2.24 bits per heavy atom. The summed E-state index contributed by atoms with van der Waals surface area (Å²) in [6, 6.07) is 3.95. The number of nitrogens with zero attached hydrogens (tertiary/aromatic N) is 2. The molecule has 5 nitrogen and oxygen atoms in total. The number of carbonyl (C=O) groups excluding carboxylic acids is 1. The maximum absolute atomic E-state index is 12.5. The Balaban J connectivity index is 1.82. The second-order valence-corrected chi connectivity index (χ2v) is 5.89. The van der Waals surface area contributed by atoms with Crippen molar-refractivity contribution in [1.29, 1.82) is 0 Å². The van der Waals surface area contributed by atoms with Gasteiger partial charge in [0.2, 0.25) is 0 Å². The number of aliphatic hydroxyl groups excluding tert-OH is 1. The summed E-state index contributed by atoms with van der Waals surface area (Å²) in [6.07, 6.45) is 7.68. The van der Waals surface area contributed by atoms with Gasteiger partial charge in [0.25, 0.3) is 5.91 Å². The lowest BCUT2D eigenvalue weighted by Crippen LogP contribution is -2.43. The molecule has 0 aliphatic heterocycles. The molecule has 2 aromatic heterocycles. The molecule has 0 spiro atoms. The van der Waals surface area contributed by atoms with Crippen LogP contribution < -0.4 is 5.32 Å². The predicted molar refractivity (Wildman–Crippen MR) is 80.2 cm³/mol. The summed E-state index contributed by atoms with van der Waals surface area (Å²) in [5.74, 6) is 0.0575. The molecular formula is C16H21N3O2. The number of aryl methyl sites for hydroxylation is 1. The van der Waals surface area contributed by atoms with Crippen molar-refractivity contribution in [3.8, 4) is 0 Å². The summed E-state index contributed by atoms with van der Waals surface area (Å²) in [6.45, 7) is 2.13. The van der Waals surface area contributed by atoms with Crippen LogP contribution in [-0.2, 0) is 0 Å². The van der Waals surface area contributed by atoms with Crippen molar-refractivity contribution in [2.75, 3.05) is 6.61 Å². The van der Waals surface area contributed by atoms with Gasteiger partial charge in [0.15, 0.2) is 0 Å². The molecule has 1 fully saturated rings. The molecule has 0 bridgehead atoms. The van der Waals surface area contributed by atoms with Gasteiger partial charge >= 0.3 is 0 Å². The van der Waals surface area contributed by atoms with Crippen molar-refractivity contribution in [2.45, 2.75) is 38.6 Å². The molecule has 2 unspecified atom stereocenters. The maximum Gasteiger partial charge on any atom is 0.270 e. The molecule has 5 heteroatoms. The third kappa shape index (κ3) is 2.78. The van der Waals surface area contributed by atoms with Gasteiger partial charge in [-0.25, -0.2) is 4.98 Å². The second kappa shape index (κ2) is 5.85. The van der Waals surface area contributed by atoms with Crippen molar-refractivity contribution < 1.29 is 9.90 Å². The number of imidazole rings is 1. The molecule has 0 aromatic carbocycles. The number of aromatic nitrogens is 2.